The molecule has 0 saturated carbocycles. The molecule has 19 heavy (non-hydrogen) atoms. The first kappa shape index (κ1) is 12.8. The van der Waals surface area contributed by atoms with Gasteiger partial charge in [0, 0.05) is 5.56 Å². The van der Waals surface area contributed by atoms with Crippen molar-refractivity contribution in [3.63, 3.8) is 0 Å². The number of hydrogen-bond acceptors (Lipinski definition) is 4. The van der Waals surface area contributed by atoms with Crippen molar-refractivity contribution in [1.82, 2.24) is 9.97 Å². The molecular weight excluding hydrogens is 244 g/mol. The molecule has 5 nitrogen and oxygen atoms in total. The summed E-state index contributed by atoms with van der Waals surface area (Å²) in [6, 6.07) is 7.40. The molecule has 2 aromatic rings. The van der Waals surface area contributed by atoms with Crippen LogP contribution in [0.3, 0.4) is 0 Å². The van der Waals surface area contributed by atoms with E-state index in [0.29, 0.717) is 5.75 Å². The summed E-state index contributed by atoms with van der Waals surface area (Å²) in [4.78, 5) is 18.5. The summed E-state index contributed by atoms with van der Waals surface area (Å²) in [5, 5.41) is 8.84. The number of nitrogens with zero attached hydrogens (tertiary/aromatic N) is 2. The van der Waals surface area contributed by atoms with Gasteiger partial charge in [0.2, 0.25) is 5.88 Å². The van der Waals surface area contributed by atoms with Gasteiger partial charge in [0.05, 0.1) is 12.4 Å². The lowest BCUT2D eigenvalue weighted by molar-refractivity contribution is 0.0689. The highest BCUT2D eigenvalue weighted by molar-refractivity contribution is 5.84. The van der Waals surface area contributed by atoms with Crippen LogP contribution in [0.5, 0.6) is 11.6 Å². The average Bonchev–Trinajstić information content (AvgIpc) is 2.41. The van der Waals surface area contributed by atoms with E-state index >= 15 is 0 Å². The molecule has 0 unspecified atom stereocenters. The largest absolute Gasteiger partial charge is 0.476 e. The third-order valence-corrected chi connectivity index (χ3v) is 2.31. The second-order valence-electron chi connectivity index (χ2n) is 3.69. The van der Waals surface area contributed by atoms with Crippen LogP contribution >= 0.6 is 0 Å². The van der Waals surface area contributed by atoms with Crippen LogP contribution in [0.1, 0.15) is 23.0 Å². The first-order valence-corrected chi connectivity index (χ1v) is 5.65. The standard InChI is InChI=1S/C14H12N2O3/c1-2-5-10-6-3-4-7-12(10)19-13-9-15-8-11(16-13)14(17)18/h2-9H,1H3,(H,17,18). The van der Waals surface area contributed by atoms with Crippen molar-refractivity contribution in [2.45, 2.75) is 6.92 Å². The molecule has 1 N–H and O–H groups in total. The zero-order chi connectivity index (χ0) is 13.7. The van der Waals surface area contributed by atoms with E-state index in [1.165, 1.54) is 12.4 Å². The molecular formula is C14H12N2O3. The molecule has 96 valence electrons. The number of benzene rings is 1. The van der Waals surface area contributed by atoms with Gasteiger partial charge in [-0.1, -0.05) is 30.4 Å². The van der Waals surface area contributed by atoms with Crippen LogP contribution in [0.25, 0.3) is 6.08 Å². The molecule has 0 aliphatic carbocycles. The Hall–Kier alpha value is -2.69. The van der Waals surface area contributed by atoms with Gasteiger partial charge in [0.25, 0.3) is 0 Å². The first-order chi connectivity index (χ1) is 9.20. The van der Waals surface area contributed by atoms with Crippen molar-refractivity contribution in [2.75, 3.05) is 0 Å². The monoisotopic (exact) mass is 256 g/mol. The Balaban J connectivity index is 2.31. The van der Waals surface area contributed by atoms with Crippen LogP contribution in [0.4, 0.5) is 0 Å². The van der Waals surface area contributed by atoms with Crippen LogP contribution < -0.4 is 4.74 Å². The van der Waals surface area contributed by atoms with Crippen LogP contribution in [-0.2, 0) is 0 Å². The number of carboxylic acid groups (broad SMARTS) is 1. The molecule has 0 atom stereocenters. The van der Waals surface area contributed by atoms with Gasteiger partial charge >= 0.3 is 5.97 Å². The van der Waals surface area contributed by atoms with Crippen molar-refractivity contribution in [3.8, 4) is 11.6 Å². The summed E-state index contributed by atoms with van der Waals surface area (Å²) in [6.07, 6.45) is 6.33. The fourth-order valence-corrected chi connectivity index (χ4v) is 1.50. The fourth-order valence-electron chi connectivity index (χ4n) is 1.50. The molecule has 1 aromatic heterocycles. The number of para-hydroxylation sites is 1. The summed E-state index contributed by atoms with van der Waals surface area (Å²) in [7, 11) is 0. The van der Waals surface area contributed by atoms with E-state index in [1.807, 2.05) is 37.3 Å². The second kappa shape index (κ2) is 5.77. The Morgan fingerprint density at radius 3 is 2.84 bits per heavy atom. The summed E-state index contributed by atoms with van der Waals surface area (Å²) >= 11 is 0. The predicted octanol–water partition coefficient (Wildman–Crippen LogP) is 3.00. The Bertz CT molecular complexity index is 624. The van der Waals surface area contributed by atoms with Crippen molar-refractivity contribution in [1.29, 1.82) is 0 Å². The van der Waals surface area contributed by atoms with Gasteiger partial charge in [-0.15, -0.1) is 0 Å². The smallest absolute Gasteiger partial charge is 0.356 e. The van der Waals surface area contributed by atoms with E-state index < -0.39 is 5.97 Å². The van der Waals surface area contributed by atoms with E-state index in [2.05, 4.69) is 9.97 Å². The SMILES string of the molecule is CC=Cc1ccccc1Oc1cncc(C(=O)O)n1. The highest BCUT2D eigenvalue weighted by Crippen LogP contribution is 2.24. The van der Waals surface area contributed by atoms with Gasteiger partial charge in [-0.05, 0) is 13.0 Å². The molecule has 0 aliphatic heterocycles. The maximum absolute atomic E-state index is 10.8. The van der Waals surface area contributed by atoms with E-state index in [1.54, 1.807) is 6.07 Å². The Labute approximate surface area is 110 Å². The van der Waals surface area contributed by atoms with Crippen molar-refractivity contribution >= 4 is 12.0 Å². The predicted molar refractivity (Wildman–Crippen MR) is 70.2 cm³/mol. The summed E-state index contributed by atoms with van der Waals surface area (Å²) in [5.74, 6) is -0.394. The minimum absolute atomic E-state index is 0.150. The van der Waals surface area contributed by atoms with Crippen LogP contribution in [0, 0.1) is 0 Å². The van der Waals surface area contributed by atoms with Crippen molar-refractivity contribution < 1.29 is 14.6 Å². The lowest BCUT2D eigenvalue weighted by Crippen LogP contribution is -2.02. The maximum atomic E-state index is 10.8. The van der Waals surface area contributed by atoms with Crippen LogP contribution in [-0.4, -0.2) is 21.0 Å². The van der Waals surface area contributed by atoms with Gasteiger partial charge in [-0.3, -0.25) is 4.98 Å². The number of carbonyl (C=O) groups is 1. The second-order valence-corrected chi connectivity index (χ2v) is 3.69. The van der Waals surface area contributed by atoms with E-state index in [4.69, 9.17) is 9.84 Å². The van der Waals surface area contributed by atoms with Gasteiger partial charge in [0.1, 0.15) is 5.75 Å². The lowest BCUT2D eigenvalue weighted by Gasteiger charge is -2.07. The molecule has 0 aliphatic rings. The molecule has 0 fully saturated rings. The number of hydrogen-bond donors (Lipinski definition) is 1. The van der Waals surface area contributed by atoms with E-state index in [-0.39, 0.29) is 11.6 Å². The normalized spacial score (nSPS) is 10.6. The highest BCUT2D eigenvalue weighted by Gasteiger charge is 2.08. The zero-order valence-corrected chi connectivity index (χ0v) is 10.3. The number of ether oxygens (including phenoxy) is 1. The quantitative estimate of drug-likeness (QED) is 0.910. The summed E-state index contributed by atoms with van der Waals surface area (Å²) in [6.45, 7) is 1.90. The van der Waals surface area contributed by atoms with Gasteiger partial charge in [-0.25, -0.2) is 9.78 Å². The number of aromatic nitrogens is 2. The number of carboxylic acids is 1. The molecule has 5 heteroatoms. The highest BCUT2D eigenvalue weighted by atomic mass is 16.5. The van der Waals surface area contributed by atoms with Crippen LogP contribution in [0.2, 0.25) is 0 Å². The van der Waals surface area contributed by atoms with Crippen molar-refractivity contribution in [2.24, 2.45) is 0 Å². The number of allylic oxidation sites excluding steroid dienone is 1. The molecule has 0 bridgehead atoms. The molecule has 2 rings (SSSR count). The van der Waals surface area contributed by atoms with Gasteiger partial charge < -0.3 is 9.84 Å². The lowest BCUT2D eigenvalue weighted by atomic mass is 10.2. The fraction of sp³-hybridized carbons (Fsp3) is 0.0714. The summed E-state index contributed by atoms with van der Waals surface area (Å²) < 4.78 is 5.56. The average molecular weight is 256 g/mol. The molecule has 1 heterocycles. The molecule has 0 radical (unpaired) electrons. The molecule has 1 aromatic carbocycles. The zero-order valence-electron chi connectivity index (χ0n) is 10.3. The first-order valence-electron chi connectivity index (χ1n) is 5.65. The molecule has 0 amide bonds. The molecule has 0 saturated heterocycles. The van der Waals surface area contributed by atoms with E-state index in [0.717, 1.165) is 5.56 Å². The topological polar surface area (TPSA) is 72.3 Å². The van der Waals surface area contributed by atoms with Gasteiger partial charge in [-0.2, -0.15) is 0 Å². The third kappa shape index (κ3) is 3.16. The number of aromatic carboxylic acids is 1. The van der Waals surface area contributed by atoms with Gasteiger partial charge in [0.15, 0.2) is 5.69 Å². The minimum Gasteiger partial charge on any atom is -0.476 e. The third-order valence-electron chi connectivity index (χ3n) is 2.31. The molecule has 0 spiro atoms. The minimum atomic E-state index is -1.14. The van der Waals surface area contributed by atoms with E-state index in [9.17, 15) is 4.79 Å². The number of rotatable bonds is 4. The maximum Gasteiger partial charge on any atom is 0.356 e. The van der Waals surface area contributed by atoms with Crippen LogP contribution in [0.15, 0.2) is 42.7 Å². The Morgan fingerprint density at radius 2 is 2.11 bits per heavy atom. The Morgan fingerprint density at radius 1 is 1.32 bits per heavy atom. The van der Waals surface area contributed by atoms with Crippen molar-refractivity contribution in [3.05, 3.63) is 54.0 Å². The summed E-state index contributed by atoms with van der Waals surface area (Å²) in [5.41, 5.74) is 0.730. The Kier molecular flexibility index (Phi) is 3.87.